The molecule has 162 valence electrons. The highest BCUT2D eigenvalue weighted by atomic mass is 16.5. The Labute approximate surface area is 182 Å². The second-order valence-corrected chi connectivity index (χ2v) is 9.91. The molecule has 31 heavy (non-hydrogen) atoms. The molecule has 1 aromatic carbocycles. The smallest absolute Gasteiger partial charge is 0.309 e. The molecule has 1 unspecified atom stereocenters. The van der Waals surface area contributed by atoms with Crippen molar-refractivity contribution in [2.75, 3.05) is 0 Å². The lowest BCUT2D eigenvalue weighted by atomic mass is 9.68. The van der Waals surface area contributed by atoms with Gasteiger partial charge in [-0.05, 0) is 49.1 Å². The number of fused-ring (bicyclic) bond motifs is 5. The lowest BCUT2D eigenvalue weighted by molar-refractivity contribution is -0.156. The van der Waals surface area contributed by atoms with Gasteiger partial charge in [0, 0.05) is 16.7 Å². The summed E-state index contributed by atoms with van der Waals surface area (Å²) in [5, 5.41) is 0. The van der Waals surface area contributed by atoms with E-state index in [0.29, 0.717) is 40.0 Å². The molecule has 5 nitrogen and oxygen atoms in total. The van der Waals surface area contributed by atoms with E-state index in [9.17, 15) is 14.4 Å². The molecule has 0 saturated heterocycles. The lowest BCUT2D eigenvalue weighted by Gasteiger charge is -2.39. The average molecular weight is 421 g/mol. The number of Topliss-reactive ketones (excluding diaryl/α,β-unsaturated/α-hetero) is 2. The fraction of sp³-hybridized carbons (Fsp3) is 0.500. The number of hydrogen-bond acceptors (Lipinski definition) is 5. The van der Waals surface area contributed by atoms with Gasteiger partial charge < -0.3 is 9.15 Å². The average Bonchev–Trinajstić information content (AvgIpc) is 3.15. The number of carbonyl (C=O) groups excluding carboxylic acids is 3. The maximum absolute atomic E-state index is 13.3. The van der Waals surface area contributed by atoms with E-state index in [4.69, 9.17) is 9.15 Å². The van der Waals surface area contributed by atoms with E-state index in [1.165, 1.54) is 12.7 Å². The Morgan fingerprint density at radius 2 is 1.74 bits per heavy atom. The van der Waals surface area contributed by atoms with Crippen LogP contribution in [0.3, 0.4) is 0 Å². The van der Waals surface area contributed by atoms with Crippen LogP contribution in [0.5, 0.6) is 0 Å². The Morgan fingerprint density at radius 3 is 2.48 bits per heavy atom. The van der Waals surface area contributed by atoms with Crippen LogP contribution in [0.2, 0.25) is 0 Å². The van der Waals surface area contributed by atoms with Crippen LogP contribution >= 0.6 is 0 Å². The van der Waals surface area contributed by atoms with E-state index < -0.39 is 17.7 Å². The van der Waals surface area contributed by atoms with Gasteiger partial charge in [-0.3, -0.25) is 14.4 Å². The molecule has 0 spiro atoms. The minimum atomic E-state index is -0.539. The zero-order chi connectivity index (χ0) is 21.9. The Balaban J connectivity index is 1.63. The van der Waals surface area contributed by atoms with Crippen molar-refractivity contribution < 1.29 is 23.5 Å². The SMILES string of the molecule is Cc1coc2c1C(=O)C(=O)c1c-2ccc2c1C(OC(=O)C1CCCCC1)CCC2(C)C. The fourth-order valence-electron chi connectivity index (χ4n) is 5.59. The van der Waals surface area contributed by atoms with Crippen molar-refractivity contribution in [1.82, 2.24) is 0 Å². The van der Waals surface area contributed by atoms with Crippen molar-refractivity contribution in [2.24, 2.45) is 5.92 Å². The van der Waals surface area contributed by atoms with Gasteiger partial charge >= 0.3 is 5.97 Å². The molecular formula is C26H28O5. The molecule has 5 heteroatoms. The summed E-state index contributed by atoms with van der Waals surface area (Å²) < 4.78 is 11.8. The molecule has 0 bridgehead atoms. The van der Waals surface area contributed by atoms with Crippen molar-refractivity contribution in [2.45, 2.75) is 77.2 Å². The molecule has 3 aliphatic rings. The molecule has 3 aliphatic carbocycles. The quantitative estimate of drug-likeness (QED) is 0.449. The summed E-state index contributed by atoms with van der Waals surface area (Å²) >= 11 is 0. The molecule has 0 amide bonds. The number of rotatable bonds is 2. The monoisotopic (exact) mass is 420 g/mol. The van der Waals surface area contributed by atoms with E-state index in [1.54, 1.807) is 6.92 Å². The number of furan rings is 1. The number of ether oxygens (including phenoxy) is 1. The Morgan fingerprint density at radius 1 is 1.03 bits per heavy atom. The highest BCUT2D eigenvalue weighted by molar-refractivity contribution is 6.53. The molecule has 0 radical (unpaired) electrons. The summed E-state index contributed by atoms with van der Waals surface area (Å²) in [4.78, 5) is 39.2. The number of carbonyl (C=O) groups is 3. The molecular weight excluding hydrogens is 392 g/mol. The van der Waals surface area contributed by atoms with Crippen molar-refractivity contribution in [3.05, 3.63) is 46.2 Å². The first-order chi connectivity index (χ1) is 14.8. The maximum Gasteiger partial charge on any atom is 0.309 e. The van der Waals surface area contributed by atoms with Gasteiger partial charge in [-0.1, -0.05) is 45.2 Å². The first-order valence-electron chi connectivity index (χ1n) is 11.3. The predicted octanol–water partition coefficient (Wildman–Crippen LogP) is 5.87. The van der Waals surface area contributed by atoms with E-state index in [1.807, 2.05) is 12.1 Å². The van der Waals surface area contributed by atoms with Gasteiger partial charge in [0.05, 0.1) is 17.7 Å². The Hall–Kier alpha value is -2.69. The summed E-state index contributed by atoms with van der Waals surface area (Å²) in [7, 11) is 0. The van der Waals surface area contributed by atoms with E-state index in [2.05, 4.69) is 13.8 Å². The van der Waals surface area contributed by atoms with Gasteiger partial charge in [-0.15, -0.1) is 0 Å². The van der Waals surface area contributed by atoms with Gasteiger partial charge in [0.15, 0.2) is 0 Å². The van der Waals surface area contributed by atoms with Crippen LogP contribution in [0.25, 0.3) is 11.3 Å². The Kier molecular flexibility index (Phi) is 4.68. The largest absolute Gasteiger partial charge is 0.463 e. The first kappa shape index (κ1) is 20.2. The van der Waals surface area contributed by atoms with Crippen molar-refractivity contribution in [1.29, 1.82) is 0 Å². The van der Waals surface area contributed by atoms with Crippen LogP contribution in [0.1, 0.15) is 102 Å². The van der Waals surface area contributed by atoms with Crippen LogP contribution < -0.4 is 0 Å². The second-order valence-electron chi connectivity index (χ2n) is 9.91. The summed E-state index contributed by atoms with van der Waals surface area (Å²) in [6, 6.07) is 3.90. The summed E-state index contributed by atoms with van der Waals surface area (Å²) in [6.07, 6.45) is 7.49. The Bertz CT molecular complexity index is 1100. The topological polar surface area (TPSA) is 73.6 Å². The van der Waals surface area contributed by atoms with Crippen molar-refractivity contribution in [3.8, 4) is 11.3 Å². The normalized spacial score (nSPS) is 22.5. The molecule has 1 aromatic heterocycles. The number of aryl methyl sites for hydroxylation is 1. The minimum absolute atomic E-state index is 0.0664. The molecule has 1 atom stereocenters. The highest BCUT2D eigenvalue weighted by Crippen LogP contribution is 2.49. The van der Waals surface area contributed by atoms with Gasteiger partial charge in [0.1, 0.15) is 11.9 Å². The van der Waals surface area contributed by atoms with Crippen LogP contribution in [0, 0.1) is 12.8 Å². The predicted molar refractivity (Wildman–Crippen MR) is 115 cm³/mol. The van der Waals surface area contributed by atoms with Gasteiger partial charge in [-0.25, -0.2) is 0 Å². The number of hydrogen-bond donors (Lipinski definition) is 0. The zero-order valence-corrected chi connectivity index (χ0v) is 18.4. The zero-order valence-electron chi connectivity index (χ0n) is 18.4. The van der Waals surface area contributed by atoms with E-state index >= 15 is 0 Å². The number of esters is 1. The maximum atomic E-state index is 13.3. The van der Waals surface area contributed by atoms with Gasteiger partial charge in [0.2, 0.25) is 11.6 Å². The minimum Gasteiger partial charge on any atom is -0.463 e. The standard InChI is InChI=1S/C26H28O5/c1-14-13-30-24-16-9-10-17-21(20(16)23(28)22(27)19(14)24)18(11-12-26(17,2)3)31-25(29)15-7-5-4-6-8-15/h9-10,13,15,18H,4-8,11-12H2,1-3H3. The lowest BCUT2D eigenvalue weighted by Crippen LogP contribution is -2.33. The van der Waals surface area contributed by atoms with Crippen LogP contribution in [0.4, 0.5) is 0 Å². The summed E-state index contributed by atoms with van der Waals surface area (Å²) in [5.74, 6) is -0.857. The number of benzene rings is 1. The summed E-state index contributed by atoms with van der Waals surface area (Å²) in [5.41, 5.74) is 3.51. The molecule has 1 fully saturated rings. The molecule has 1 saturated carbocycles. The highest BCUT2D eigenvalue weighted by Gasteiger charge is 2.43. The van der Waals surface area contributed by atoms with Crippen LogP contribution in [0.15, 0.2) is 22.8 Å². The van der Waals surface area contributed by atoms with Crippen molar-refractivity contribution >= 4 is 17.5 Å². The third-order valence-corrected chi connectivity index (χ3v) is 7.40. The third kappa shape index (κ3) is 3.08. The molecule has 5 rings (SSSR count). The van der Waals surface area contributed by atoms with E-state index in [0.717, 1.165) is 37.7 Å². The van der Waals surface area contributed by atoms with Crippen molar-refractivity contribution in [3.63, 3.8) is 0 Å². The number of ketones is 2. The third-order valence-electron chi connectivity index (χ3n) is 7.40. The van der Waals surface area contributed by atoms with Gasteiger partial charge in [-0.2, -0.15) is 0 Å². The summed E-state index contributed by atoms with van der Waals surface area (Å²) in [6.45, 7) is 6.04. The second kappa shape index (κ2) is 7.18. The molecule has 0 N–H and O–H groups in total. The first-order valence-corrected chi connectivity index (χ1v) is 11.3. The fourth-order valence-corrected chi connectivity index (χ4v) is 5.59. The van der Waals surface area contributed by atoms with Crippen LogP contribution in [-0.4, -0.2) is 17.5 Å². The van der Waals surface area contributed by atoms with E-state index in [-0.39, 0.29) is 17.3 Å². The molecule has 0 aliphatic heterocycles. The van der Waals surface area contributed by atoms with Gasteiger partial charge in [0.25, 0.3) is 0 Å². The van der Waals surface area contributed by atoms with Crippen LogP contribution in [-0.2, 0) is 14.9 Å². The molecule has 2 aromatic rings. The molecule has 1 heterocycles.